The van der Waals surface area contributed by atoms with Crippen molar-refractivity contribution in [3.05, 3.63) is 78.6 Å². The molecule has 24 heavy (non-hydrogen) atoms. The summed E-state index contributed by atoms with van der Waals surface area (Å²) in [4.78, 5) is 22.8. The zero-order chi connectivity index (χ0) is 16.9. The van der Waals surface area contributed by atoms with Crippen LogP contribution in [-0.4, -0.2) is 32.4 Å². The number of carbonyl (C=O) groups excluding carboxylic acids is 1. The molecule has 0 radical (unpaired) electrons. The summed E-state index contributed by atoms with van der Waals surface area (Å²) in [6.45, 7) is 2.07. The van der Waals surface area contributed by atoms with Crippen molar-refractivity contribution < 1.29 is 4.79 Å². The Hall–Kier alpha value is -2.95. The van der Waals surface area contributed by atoms with Gasteiger partial charge in [0.25, 0.3) is 5.91 Å². The molecule has 3 aromatic rings. The molecule has 0 saturated heterocycles. The van der Waals surface area contributed by atoms with Gasteiger partial charge in [0.2, 0.25) is 0 Å². The zero-order valence-corrected chi connectivity index (χ0v) is 13.8. The third-order valence-electron chi connectivity index (χ3n) is 4.16. The van der Waals surface area contributed by atoms with E-state index in [1.165, 1.54) is 0 Å². The highest BCUT2D eigenvalue weighted by molar-refractivity contribution is 5.94. The molecule has 0 bridgehead atoms. The number of benzene rings is 1. The maximum absolute atomic E-state index is 12.8. The number of amides is 1. The highest BCUT2D eigenvalue weighted by Gasteiger charge is 2.21. The average molecular weight is 320 g/mol. The third kappa shape index (κ3) is 3.20. The summed E-state index contributed by atoms with van der Waals surface area (Å²) >= 11 is 0. The van der Waals surface area contributed by atoms with Gasteiger partial charge in [-0.05, 0) is 42.3 Å². The lowest BCUT2D eigenvalue weighted by atomic mass is 10.0. The van der Waals surface area contributed by atoms with Crippen LogP contribution in [0, 0.1) is 0 Å². The molecule has 0 fully saturated rings. The lowest BCUT2D eigenvalue weighted by molar-refractivity contribution is 0.0726. The molecule has 1 amide bonds. The summed E-state index contributed by atoms with van der Waals surface area (Å²) < 4.78 is 1.91. The number of carbonyl (C=O) groups is 1. The Morgan fingerprint density at radius 2 is 1.96 bits per heavy atom. The minimum Gasteiger partial charge on any atom is -0.335 e. The van der Waals surface area contributed by atoms with E-state index in [0.29, 0.717) is 5.56 Å². The quantitative estimate of drug-likeness (QED) is 0.723. The van der Waals surface area contributed by atoms with E-state index in [9.17, 15) is 4.79 Å². The van der Waals surface area contributed by atoms with Gasteiger partial charge in [-0.15, -0.1) is 0 Å². The van der Waals surface area contributed by atoms with Gasteiger partial charge < -0.3 is 9.47 Å². The Kier molecular flexibility index (Phi) is 4.70. The van der Waals surface area contributed by atoms with Gasteiger partial charge in [-0.25, -0.2) is 4.98 Å². The second-order valence-electron chi connectivity index (χ2n) is 5.64. The topological polar surface area (TPSA) is 51.0 Å². The molecule has 3 rings (SSSR count). The molecule has 122 valence electrons. The first-order valence-corrected chi connectivity index (χ1v) is 7.96. The summed E-state index contributed by atoms with van der Waals surface area (Å²) in [5.41, 5.74) is 2.69. The number of hydrogen-bond donors (Lipinski definition) is 0. The Morgan fingerprint density at radius 1 is 1.17 bits per heavy atom. The number of rotatable bonds is 5. The van der Waals surface area contributed by atoms with Gasteiger partial charge >= 0.3 is 0 Å². The van der Waals surface area contributed by atoms with Crippen molar-refractivity contribution >= 4 is 5.91 Å². The molecule has 1 aromatic carbocycles. The third-order valence-corrected chi connectivity index (χ3v) is 4.16. The largest absolute Gasteiger partial charge is 0.335 e. The fraction of sp³-hybridized carbons (Fsp3) is 0.211. The van der Waals surface area contributed by atoms with Crippen molar-refractivity contribution in [2.75, 3.05) is 7.05 Å². The summed E-state index contributed by atoms with van der Waals surface area (Å²) in [6.07, 6.45) is 9.73. The molecule has 2 heterocycles. The second-order valence-corrected chi connectivity index (χ2v) is 5.64. The molecule has 0 unspecified atom stereocenters. The van der Waals surface area contributed by atoms with Crippen LogP contribution in [-0.2, 0) is 0 Å². The number of hydrogen-bond acceptors (Lipinski definition) is 3. The van der Waals surface area contributed by atoms with Crippen LogP contribution >= 0.6 is 0 Å². The highest BCUT2D eigenvalue weighted by Crippen LogP contribution is 2.24. The zero-order valence-electron chi connectivity index (χ0n) is 13.8. The predicted octanol–water partition coefficient (Wildman–Crippen LogP) is 3.49. The van der Waals surface area contributed by atoms with Crippen molar-refractivity contribution in [3.63, 3.8) is 0 Å². The number of imidazole rings is 1. The van der Waals surface area contributed by atoms with Gasteiger partial charge in [0, 0.05) is 43.1 Å². The minimum absolute atomic E-state index is 0.00267. The van der Waals surface area contributed by atoms with Crippen molar-refractivity contribution in [3.8, 4) is 5.69 Å². The van der Waals surface area contributed by atoms with Crippen molar-refractivity contribution in [1.82, 2.24) is 19.4 Å². The first-order valence-electron chi connectivity index (χ1n) is 7.96. The average Bonchev–Trinajstić information content (AvgIpc) is 3.17. The Labute approximate surface area is 141 Å². The SMILES string of the molecule is CC[C@H](c1cccnc1)N(C)C(=O)c1ccc(-n2ccnc2)cc1. The van der Waals surface area contributed by atoms with Gasteiger partial charge in [0.05, 0.1) is 12.4 Å². The van der Waals surface area contributed by atoms with Crippen LogP contribution in [0.15, 0.2) is 67.5 Å². The number of pyridine rings is 1. The fourth-order valence-corrected chi connectivity index (χ4v) is 2.84. The number of aromatic nitrogens is 3. The van der Waals surface area contributed by atoms with E-state index in [-0.39, 0.29) is 11.9 Å². The summed E-state index contributed by atoms with van der Waals surface area (Å²) in [5.74, 6) is 0.00267. The first kappa shape index (κ1) is 15.9. The van der Waals surface area contributed by atoms with Gasteiger partial charge in [-0.2, -0.15) is 0 Å². The molecular weight excluding hydrogens is 300 g/mol. The summed E-state index contributed by atoms with van der Waals surface area (Å²) in [7, 11) is 1.84. The first-order chi connectivity index (χ1) is 11.7. The maximum atomic E-state index is 12.8. The standard InChI is InChI=1S/C19H20N4O/c1-3-18(16-5-4-10-20-13-16)22(2)19(24)15-6-8-17(9-7-15)23-12-11-21-14-23/h4-14,18H,3H2,1-2H3/t18-/m1/s1. The Bertz CT molecular complexity index is 782. The molecular formula is C19H20N4O. The van der Waals surface area contributed by atoms with E-state index in [4.69, 9.17) is 0 Å². The lowest BCUT2D eigenvalue weighted by Gasteiger charge is -2.27. The van der Waals surface area contributed by atoms with Gasteiger partial charge in [0.1, 0.15) is 0 Å². The Balaban J connectivity index is 1.80. The van der Waals surface area contributed by atoms with Crippen molar-refractivity contribution in [2.24, 2.45) is 0 Å². The van der Waals surface area contributed by atoms with Gasteiger partial charge in [-0.3, -0.25) is 9.78 Å². The van der Waals surface area contributed by atoms with Crippen molar-refractivity contribution in [1.29, 1.82) is 0 Å². The molecule has 5 nitrogen and oxygen atoms in total. The second kappa shape index (κ2) is 7.08. The van der Waals surface area contributed by atoms with Crippen LogP contribution < -0.4 is 0 Å². The fourth-order valence-electron chi connectivity index (χ4n) is 2.84. The van der Waals surface area contributed by atoms with E-state index in [0.717, 1.165) is 17.7 Å². The minimum atomic E-state index is 0.00267. The van der Waals surface area contributed by atoms with E-state index in [1.54, 1.807) is 23.6 Å². The van der Waals surface area contributed by atoms with Crippen LogP contribution in [0.2, 0.25) is 0 Å². The molecule has 0 aliphatic rings. The van der Waals surface area contributed by atoms with Crippen LogP contribution in [0.25, 0.3) is 5.69 Å². The summed E-state index contributed by atoms with van der Waals surface area (Å²) in [5, 5.41) is 0. The molecule has 5 heteroatoms. The van der Waals surface area contributed by atoms with Gasteiger partial charge in [-0.1, -0.05) is 13.0 Å². The van der Waals surface area contributed by atoms with Crippen LogP contribution in [0.3, 0.4) is 0 Å². The molecule has 0 aliphatic heterocycles. The van der Waals surface area contributed by atoms with Crippen LogP contribution in [0.5, 0.6) is 0 Å². The molecule has 0 aliphatic carbocycles. The maximum Gasteiger partial charge on any atom is 0.254 e. The normalized spacial score (nSPS) is 11.9. The molecule has 0 saturated carbocycles. The number of nitrogens with zero attached hydrogens (tertiary/aromatic N) is 4. The molecule has 0 spiro atoms. The van der Waals surface area contributed by atoms with Crippen LogP contribution in [0.1, 0.15) is 35.3 Å². The molecule has 1 atom stereocenters. The van der Waals surface area contributed by atoms with E-state index in [2.05, 4.69) is 16.9 Å². The smallest absolute Gasteiger partial charge is 0.254 e. The lowest BCUT2D eigenvalue weighted by Crippen LogP contribution is -2.31. The van der Waals surface area contributed by atoms with E-state index in [1.807, 2.05) is 60.4 Å². The van der Waals surface area contributed by atoms with Crippen LogP contribution in [0.4, 0.5) is 0 Å². The van der Waals surface area contributed by atoms with Gasteiger partial charge in [0.15, 0.2) is 0 Å². The molecule has 0 N–H and O–H groups in total. The van der Waals surface area contributed by atoms with E-state index < -0.39 is 0 Å². The predicted molar refractivity (Wildman–Crippen MR) is 92.9 cm³/mol. The van der Waals surface area contributed by atoms with Crippen molar-refractivity contribution in [2.45, 2.75) is 19.4 Å². The monoisotopic (exact) mass is 320 g/mol. The Morgan fingerprint density at radius 3 is 2.54 bits per heavy atom. The highest BCUT2D eigenvalue weighted by atomic mass is 16.2. The van der Waals surface area contributed by atoms with E-state index >= 15 is 0 Å². The summed E-state index contributed by atoms with van der Waals surface area (Å²) in [6, 6.07) is 11.5. The molecule has 2 aromatic heterocycles.